The van der Waals surface area contributed by atoms with Crippen LogP contribution < -0.4 is 26.4 Å². The Bertz CT molecular complexity index is 783. The molecule has 0 aliphatic heterocycles. The number of hydrogen-bond acceptors (Lipinski definition) is 6. The molecule has 9 heteroatoms. The fourth-order valence-electron chi connectivity index (χ4n) is 2.38. The molecule has 0 atom stereocenters. The number of likely N-dealkylation sites (N-methyl/N-ethyl adjacent to an activating group) is 1. The summed E-state index contributed by atoms with van der Waals surface area (Å²) >= 11 is 1.37. The highest BCUT2D eigenvalue weighted by atomic mass is 79.9. The number of aromatic nitrogens is 4. The number of imidazole rings is 1. The van der Waals surface area contributed by atoms with Crippen molar-refractivity contribution in [2.45, 2.75) is 13.5 Å². The van der Waals surface area contributed by atoms with Crippen LogP contribution in [-0.4, -0.2) is 27.9 Å². The average Bonchev–Trinajstić information content (AvgIpc) is 3.26. The molecule has 0 radical (unpaired) electrons. The quantitative estimate of drug-likeness (QED) is 0.401. The summed E-state index contributed by atoms with van der Waals surface area (Å²) in [6.07, 6.45) is 6.23. The van der Waals surface area contributed by atoms with Gasteiger partial charge in [-0.2, -0.15) is 0 Å². The minimum absolute atomic E-state index is 0. The maximum absolute atomic E-state index is 4.18. The zero-order valence-electron chi connectivity index (χ0n) is 14.2. The van der Waals surface area contributed by atoms with E-state index < -0.39 is 0 Å². The van der Waals surface area contributed by atoms with Crippen LogP contribution >= 0.6 is 11.3 Å². The minimum atomic E-state index is 0. The summed E-state index contributed by atoms with van der Waals surface area (Å²) in [5.74, 6) is 0. The molecule has 0 fully saturated rings. The Morgan fingerprint density at radius 2 is 2.04 bits per heavy atom. The number of aryl methyl sites for hydroxylation is 1. The van der Waals surface area contributed by atoms with Gasteiger partial charge in [0.1, 0.15) is 24.4 Å². The van der Waals surface area contributed by atoms with Crippen LogP contribution in [0.3, 0.4) is 0 Å². The number of nitrogens with zero attached hydrogens (tertiary/aromatic N) is 7. The van der Waals surface area contributed by atoms with Gasteiger partial charge in [0.25, 0.3) is 5.13 Å². The van der Waals surface area contributed by atoms with Gasteiger partial charge in [0.2, 0.25) is 6.33 Å². The van der Waals surface area contributed by atoms with Crippen molar-refractivity contribution in [1.82, 2.24) is 14.8 Å². The predicted octanol–water partition coefficient (Wildman–Crippen LogP) is 0.110. The van der Waals surface area contributed by atoms with E-state index in [9.17, 15) is 0 Å². The lowest BCUT2D eigenvalue weighted by molar-refractivity contribution is -0.671. The first-order valence-electron chi connectivity index (χ1n) is 7.78. The van der Waals surface area contributed by atoms with E-state index in [0.717, 1.165) is 25.3 Å². The van der Waals surface area contributed by atoms with E-state index in [1.807, 2.05) is 29.9 Å². The Hall–Kier alpha value is -2.13. The number of anilines is 1. The van der Waals surface area contributed by atoms with Gasteiger partial charge in [-0.25, -0.2) is 9.13 Å². The van der Waals surface area contributed by atoms with Crippen LogP contribution in [0, 0.1) is 0 Å². The number of halogens is 1. The average molecular weight is 422 g/mol. The van der Waals surface area contributed by atoms with E-state index in [1.165, 1.54) is 17.0 Å². The van der Waals surface area contributed by atoms with E-state index in [1.54, 1.807) is 5.51 Å². The lowest BCUT2D eigenvalue weighted by Crippen LogP contribution is -3.00. The van der Waals surface area contributed by atoms with Crippen LogP contribution in [-0.2, 0) is 13.6 Å². The van der Waals surface area contributed by atoms with Gasteiger partial charge in [-0.1, -0.05) is 11.3 Å². The van der Waals surface area contributed by atoms with Gasteiger partial charge in [0.05, 0.1) is 19.3 Å². The van der Waals surface area contributed by atoms with E-state index in [0.29, 0.717) is 5.13 Å². The van der Waals surface area contributed by atoms with Gasteiger partial charge in [-0.3, -0.25) is 0 Å². The molecule has 3 aromatic rings. The molecule has 0 unspecified atom stereocenters. The third kappa shape index (κ3) is 5.43. The van der Waals surface area contributed by atoms with Gasteiger partial charge < -0.3 is 21.9 Å². The summed E-state index contributed by atoms with van der Waals surface area (Å²) in [4.78, 5) is 2.34. The molecule has 7 nitrogen and oxygen atoms in total. The third-order valence-corrected chi connectivity index (χ3v) is 4.22. The van der Waals surface area contributed by atoms with Crippen LogP contribution in [0.2, 0.25) is 0 Å². The maximum Gasteiger partial charge on any atom is 0.251 e. The molecule has 0 aliphatic carbocycles. The number of hydrogen-bond donors (Lipinski definition) is 0. The first-order chi connectivity index (χ1) is 11.7. The molecule has 1 aromatic carbocycles. The summed E-state index contributed by atoms with van der Waals surface area (Å²) in [6, 6.07) is 8.09. The highest BCUT2D eigenvalue weighted by Crippen LogP contribution is 2.22. The summed E-state index contributed by atoms with van der Waals surface area (Å²) < 4.78 is 4.24. The standard InChI is InChI=1S/C16H20N7S.BrH/c1-3-23(11-10-22-9-8-21(2)13-22)15-6-4-14(5-7-15)18-20-16-19-17-12-24-16;/h4-9,12-13H,3,10-11H2,1-2H3;1H/q+1;/p-1/b20-18+;. The van der Waals surface area contributed by atoms with Crippen molar-refractivity contribution in [2.75, 3.05) is 18.0 Å². The number of benzene rings is 1. The van der Waals surface area contributed by atoms with Crippen molar-refractivity contribution in [3.05, 3.63) is 48.5 Å². The SMILES string of the molecule is CCN(CCn1cc[n+](C)c1)c1ccc(/N=N/c2nncs2)cc1.[Br-]. The molecule has 0 saturated heterocycles. The lowest BCUT2D eigenvalue weighted by Gasteiger charge is -2.22. The number of azo groups is 1. The van der Waals surface area contributed by atoms with Crippen LogP contribution in [0.25, 0.3) is 0 Å². The van der Waals surface area contributed by atoms with Gasteiger partial charge >= 0.3 is 0 Å². The smallest absolute Gasteiger partial charge is 0.251 e. The summed E-state index contributed by atoms with van der Waals surface area (Å²) in [6.45, 7) is 5.03. The van der Waals surface area contributed by atoms with Gasteiger partial charge in [0.15, 0.2) is 0 Å². The van der Waals surface area contributed by atoms with Crippen molar-refractivity contribution >= 4 is 27.8 Å². The largest absolute Gasteiger partial charge is 1.00 e. The second-order valence-electron chi connectivity index (χ2n) is 5.33. The summed E-state index contributed by atoms with van der Waals surface area (Å²) in [5, 5.41) is 16.4. The molecule has 2 heterocycles. The topological polar surface area (TPSA) is 62.5 Å². The Morgan fingerprint density at radius 1 is 1.24 bits per heavy atom. The lowest BCUT2D eigenvalue weighted by atomic mass is 10.2. The van der Waals surface area contributed by atoms with Crippen LogP contribution in [0.1, 0.15) is 6.92 Å². The number of rotatable bonds is 7. The van der Waals surface area contributed by atoms with Gasteiger partial charge in [-0.15, -0.1) is 20.4 Å². The van der Waals surface area contributed by atoms with E-state index in [-0.39, 0.29) is 17.0 Å². The second-order valence-corrected chi connectivity index (χ2v) is 6.15. The highest BCUT2D eigenvalue weighted by Gasteiger charge is 2.07. The van der Waals surface area contributed by atoms with Crippen molar-refractivity contribution in [2.24, 2.45) is 17.3 Å². The molecule has 25 heavy (non-hydrogen) atoms. The summed E-state index contributed by atoms with van der Waals surface area (Å²) in [7, 11) is 2.03. The normalized spacial score (nSPS) is 10.8. The fourth-order valence-corrected chi connectivity index (χ4v) is 2.75. The van der Waals surface area contributed by atoms with Crippen molar-refractivity contribution < 1.29 is 21.5 Å². The molecule has 0 spiro atoms. The van der Waals surface area contributed by atoms with Crippen molar-refractivity contribution in [3.63, 3.8) is 0 Å². The van der Waals surface area contributed by atoms with E-state index in [4.69, 9.17) is 0 Å². The molecular formula is C16H20BrN7S. The molecule has 0 bridgehead atoms. The molecular weight excluding hydrogens is 402 g/mol. The zero-order chi connectivity index (χ0) is 16.8. The molecule has 0 aliphatic rings. The Morgan fingerprint density at radius 3 is 2.64 bits per heavy atom. The molecule has 0 saturated carbocycles. The molecule has 0 amide bonds. The Balaban J connectivity index is 0.00000225. The molecule has 0 N–H and O–H groups in total. The monoisotopic (exact) mass is 421 g/mol. The zero-order valence-corrected chi connectivity index (χ0v) is 16.6. The highest BCUT2D eigenvalue weighted by molar-refractivity contribution is 7.13. The van der Waals surface area contributed by atoms with Crippen LogP contribution in [0.4, 0.5) is 16.5 Å². The van der Waals surface area contributed by atoms with Crippen molar-refractivity contribution in [3.8, 4) is 0 Å². The van der Waals surface area contributed by atoms with Crippen LogP contribution in [0.5, 0.6) is 0 Å². The minimum Gasteiger partial charge on any atom is -1.00 e. The van der Waals surface area contributed by atoms with Crippen molar-refractivity contribution in [1.29, 1.82) is 0 Å². The Labute approximate surface area is 161 Å². The van der Waals surface area contributed by atoms with Gasteiger partial charge in [0, 0.05) is 12.2 Å². The molecule has 132 valence electrons. The summed E-state index contributed by atoms with van der Waals surface area (Å²) in [5.41, 5.74) is 3.63. The van der Waals surface area contributed by atoms with E-state index in [2.05, 4.69) is 61.5 Å². The molecule has 2 aromatic heterocycles. The Kier molecular flexibility index (Phi) is 7.20. The first kappa shape index (κ1) is 19.2. The third-order valence-electron chi connectivity index (χ3n) is 3.65. The molecule has 3 rings (SSSR count). The fraction of sp³-hybridized carbons (Fsp3) is 0.312. The van der Waals surface area contributed by atoms with Crippen LogP contribution in [0.15, 0.2) is 58.7 Å². The predicted molar refractivity (Wildman–Crippen MR) is 94.0 cm³/mol. The maximum atomic E-state index is 4.18. The van der Waals surface area contributed by atoms with E-state index >= 15 is 0 Å². The van der Waals surface area contributed by atoms with Gasteiger partial charge in [-0.05, 0) is 31.2 Å². The first-order valence-corrected chi connectivity index (χ1v) is 8.66. The second kappa shape index (κ2) is 9.38.